The lowest BCUT2D eigenvalue weighted by Crippen LogP contribution is -2.04. The van der Waals surface area contributed by atoms with Crippen molar-refractivity contribution >= 4 is 43.5 Å². The molecule has 0 aliphatic carbocycles. The summed E-state index contributed by atoms with van der Waals surface area (Å²) in [7, 11) is 1.83. The number of ether oxygens (including phenoxy) is 1. The van der Waals surface area contributed by atoms with Crippen LogP contribution in [0, 0.1) is 6.92 Å². The van der Waals surface area contributed by atoms with Gasteiger partial charge >= 0.3 is 0 Å². The standard InChI is InChI=1S/C13H13Br2ClN2O2/c1-7-12(16)11(18(2)17-7)6-20-13-9(14)3-8(5-19)4-10(13)15/h3-4,19H,5-6H2,1-2H3. The van der Waals surface area contributed by atoms with E-state index in [9.17, 15) is 0 Å². The number of aliphatic hydroxyl groups is 1. The van der Waals surface area contributed by atoms with Crippen molar-refractivity contribution in [1.82, 2.24) is 9.78 Å². The SMILES string of the molecule is Cc1nn(C)c(COc2c(Br)cc(CO)cc2Br)c1Cl. The van der Waals surface area contributed by atoms with Crippen LogP contribution in [-0.2, 0) is 20.3 Å². The first-order valence-electron chi connectivity index (χ1n) is 5.83. The van der Waals surface area contributed by atoms with Crippen LogP contribution in [-0.4, -0.2) is 14.9 Å². The second-order valence-corrected chi connectivity index (χ2v) is 6.39. The molecule has 4 nitrogen and oxygen atoms in total. The van der Waals surface area contributed by atoms with Crippen LogP contribution in [0.5, 0.6) is 5.75 Å². The molecular formula is C13H13Br2ClN2O2. The first kappa shape index (κ1) is 15.8. The number of hydrogen-bond acceptors (Lipinski definition) is 3. The molecular weight excluding hydrogens is 411 g/mol. The van der Waals surface area contributed by atoms with E-state index in [4.69, 9.17) is 21.4 Å². The molecule has 2 rings (SSSR count). The maximum Gasteiger partial charge on any atom is 0.148 e. The zero-order valence-electron chi connectivity index (χ0n) is 11.0. The number of aliphatic hydroxyl groups excluding tert-OH is 1. The third-order valence-electron chi connectivity index (χ3n) is 2.86. The topological polar surface area (TPSA) is 47.3 Å². The molecule has 2 aromatic rings. The first-order chi connectivity index (χ1) is 9.43. The van der Waals surface area contributed by atoms with Crippen LogP contribution >= 0.6 is 43.5 Å². The van der Waals surface area contributed by atoms with Crippen LogP contribution in [0.1, 0.15) is 17.0 Å². The molecule has 1 heterocycles. The smallest absolute Gasteiger partial charge is 0.148 e. The van der Waals surface area contributed by atoms with E-state index < -0.39 is 0 Å². The van der Waals surface area contributed by atoms with E-state index in [0.717, 1.165) is 25.9 Å². The zero-order chi connectivity index (χ0) is 14.9. The molecule has 0 saturated heterocycles. The van der Waals surface area contributed by atoms with Crippen molar-refractivity contribution in [2.24, 2.45) is 7.05 Å². The van der Waals surface area contributed by atoms with Crippen molar-refractivity contribution < 1.29 is 9.84 Å². The number of rotatable bonds is 4. The molecule has 7 heteroatoms. The molecule has 0 saturated carbocycles. The summed E-state index contributed by atoms with van der Waals surface area (Å²) in [5.41, 5.74) is 2.39. The van der Waals surface area contributed by atoms with E-state index in [1.54, 1.807) is 4.68 Å². The summed E-state index contributed by atoms with van der Waals surface area (Å²) in [6.07, 6.45) is 0. The minimum Gasteiger partial charge on any atom is -0.485 e. The van der Waals surface area contributed by atoms with E-state index in [1.165, 1.54) is 0 Å². The highest BCUT2D eigenvalue weighted by atomic mass is 79.9. The molecule has 1 aromatic heterocycles. The Morgan fingerprint density at radius 1 is 1.35 bits per heavy atom. The van der Waals surface area contributed by atoms with Gasteiger partial charge in [-0.3, -0.25) is 4.68 Å². The summed E-state index contributed by atoms with van der Waals surface area (Å²) < 4.78 is 9.06. The van der Waals surface area contributed by atoms with Crippen molar-refractivity contribution in [3.63, 3.8) is 0 Å². The Hall–Kier alpha value is -0.560. The average Bonchev–Trinajstić information content (AvgIpc) is 2.63. The monoisotopic (exact) mass is 422 g/mol. The second-order valence-electron chi connectivity index (χ2n) is 4.31. The third kappa shape index (κ3) is 3.19. The van der Waals surface area contributed by atoms with Gasteiger partial charge in [-0.25, -0.2) is 0 Å². The minimum absolute atomic E-state index is 0.0236. The summed E-state index contributed by atoms with van der Waals surface area (Å²) in [4.78, 5) is 0. The number of halogens is 3. The third-order valence-corrected chi connectivity index (χ3v) is 4.53. The molecule has 0 radical (unpaired) electrons. The van der Waals surface area contributed by atoms with Crippen molar-refractivity contribution in [2.75, 3.05) is 0 Å². The van der Waals surface area contributed by atoms with Gasteiger partial charge in [-0.15, -0.1) is 0 Å². The first-order valence-corrected chi connectivity index (χ1v) is 7.80. The van der Waals surface area contributed by atoms with Gasteiger partial charge in [-0.2, -0.15) is 5.10 Å². The average molecular weight is 425 g/mol. The number of hydrogen-bond donors (Lipinski definition) is 1. The molecule has 0 bridgehead atoms. The van der Waals surface area contributed by atoms with Gasteiger partial charge in [0.05, 0.1) is 32.0 Å². The quantitative estimate of drug-likeness (QED) is 0.808. The molecule has 0 unspecified atom stereocenters. The van der Waals surface area contributed by atoms with Gasteiger partial charge < -0.3 is 9.84 Å². The molecule has 1 N–H and O–H groups in total. The lowest BCUT2D eigenvalue weighted by molar-refractivity contribution is 0.279. The number of nitrogens with zero attached hydrogens (tertiary/aromatic N) is 2. The Morgan fingerprint density at radius 2 is 1.95 bits per heavy atom. The molecule has 108 valence electrons. The van der Waals surface area contributed by atoms with Gasteiger partial charge in [0, 0.05) is 7.05 Å². The molecule has 0 atom stereocenters. The summed E-state index contributed by atoms with van der Waals surface area (Å²) >= 11 is 13.1. The molecule has 20 heavy (non-hydrogen) atoms. The van der Waals surface area contributed by atoms with E-state index in [1.807, 2.05) is 26.1 Å². The Kier molecular flexibility index (Phi) is 5.12. The minimum atomic E-state index is -0.0236. The Labute approximate surface area is 139 Å². The van der Waals surface area contributed by atoms with Crippen LogP contribution in [0.25, 0.3) is 0 Å². The number of benzene rings is 1. The maximum absolute atomic E-state index is 9.15. The fraction of sp³-hybridized carbons (Fsp3) is 0.308. The number of aryl methyl sites for hydroxylation is 2. The predicted octanol–water partition coefficient (Wildman–Crippen LogP) is 3.98. The Balaban J connectivity index is 2.23. The van der Waals surface area contributed by atoms with Gasteiger partial charge in [0.2, 0.25) is 0 Å². The highest BCUT2D eigenvalue weighted by Crippen LogP contribution is 2.35. The van der Waals surface area contributed by atoms with Crippen LogP contribution in [0.3, 0.4) is 0 Å². The van der Waals surface area contributed by atoms with Gasteiger partial charge in [0.15, 0.2) is 0 Å². The molecule has 0 amide bonds. The van der Waals surface area contributed by atoms with E-state index in [-0.39, 0.29) is 6.61 Å². The van der Waals surface area contributed by atoms with Crippen molar-refractivity contribution in [2.45, 2.75) is 20.1 Å². The molecule has 0 fully saturated rings. The fourth-order valence-corrected chi connectivity index (χ4v) is 3.54. The molecule has 0 aliphatic rings. The van der Waals surface area contributed by atoms with Crippen molar-refractivity contribution in [3.8, 4) is 5.75 Å². The summed E-state index contributed by atoms with van der Waals surface area (Å²) in [5, 5.41) is 14.0. The predicted molar refractivity (Wildman–Crippen MR) is 85.1 cm³/mol. The molecule has 0 aliphatic heterocycles. The van der Waals surface area contributed by atoms with Crippen LogP contribution < -0.4 is 4.74 Å². The Bertz CT molecular complexity index is 621. The fourth-order valence-electron chi connectivity index (χ4n) is 1.82. The summed E-state index contributed by atoms with van der Waals surface area (Å²) in [6, 6.07) is 3.63. The normalized spacial score (nSPS) is 10.9. The van der Waals surface area contributed by atoms with E-state index in [0.29, 0.717) is 17.4 Å². The second kappa shape index (κ2) is 6.47. The summed E-state index contributed by atoms with van der Waals surface area (Å²) in [6.45, 7) is 2.14. The highest BCUT2D eigenvalue weighted by Gasteiger charge is 2.14. The van der Waals surface area contributed by atoms with Gasteiger partial charge in [0.1, 0.15) is 12.4 Å². The largest absolute Gasteiger partial charge is 0.485 e. The maximum atomic E-state index is 9.15. The van der Waals surface area contributed by atoms with Crippen molar-refractivity contribution in [3.05, 3.63) is 43.1 Å². The van der Waals surface area contributed by atoms with Gasteiger partial charge in [-0.1, -0.05) is 11.6 Å². The van der Waals surface area contributed by atoms with Gasteiger partial charge in [0.25, 0.3) is 0 Å². The van der Waals surface area contributed by atoms with E-state index in [2.05, 4.69) is 37.0 Å². The zero-order valence-corrected chi connectivity index (χ0v) is 14.9. The summed E-state index contributed by atoms with van der Waals surface area (Å²) in [5.74, 6) is 0.664. The lowest BCUT2D eigenvalue weighted by Gasteiger charge is -2.12. The van der Waals surface area contributed by atoms with Gasteiger partial charge in [-0.05, 0) is 56.5 Å². The lowest BCUT2D eigenvalue weighted by atomic mass is 10.2. The molecule has 0 spiro atoms. The number of aromatic nitrogens is 2. The van der Waals surface area contributed by atoms with E-state index >= 15 is 0 Å². The van der Waals surface area contributed by atoms with Crippen LogP contribution in [0.2, 0.25) is 5.02 Å². The highest BCUT2D eigenvalue weighted by molar-refractivity contribution is 9.11. The van der Waals surface area contributed by atoms with Crippen molar-refractivity contribution in [1.29, 1.82) is 0 Å². The van der Waals surface area contributed by atoms with Crippen LogP contribution in [0.15, 0.2) is 21.1 Å². The Morgan fingerprint density at radius 3 is 2.40 bits per heavy atom. The van der Waals surface area contributed by atoms with Crippen LogP contribution in [0.4, 0.5) is 0 Å². The molecule has 1 aromatic carbocycles.